The Morgan fingerprint density at radius 2 is 1.66 bits per heavy atom. The molecule has 6 nitrogen and oxygen atoms in total. The SMILES string of the molecule is CCCCOC(=O)C=Cc1nc(CO)ccc1OCCCCCCCCc1ccc(OC)cc1.Cl. The number of halogens is 1. The molecule has 0 unspecified atom stereocenters. The standard InChI is InChI=1S/C28H39NO5.ClH/c1-3-4-20-34-28(31)19-17-26-27(18-14-24(22-30)29-26)33-21-10-8-6-5-7-9-11-23-12-15-25(32-2)16-13-23;/h12-19,30H,3-11,20-22H2,1-2H3;1H. The van der Waals surface area contributed by atoms with Crippen molar-refractivity contribution in [3.05, 3.63) is 59.4 Å². The Balaban J connectivity index is 0.00000612. The van der Waals surface area contributed by atoms with Crippen molar-refractivity contribution in [3.8, 4) is 11.5 Å². The van der Waals surface area contributed by atoms with Crippen LogP contribution < -0.4 is 9.47 Å². The quantitative estimate of drug-likeness (QED) is 0.154. The van der Waals surface area contributed by atoms with E-state index in [1.54, 1.807) is 25.3 Å². The number of aromatic nitrogens is 1. The van der Waals surface area contributed by atoms with Crippen molar-refractivity contribution in [2.75, 3.05) is 20.3 Å². The van der Waals surface area contributed by atoms with E-state index in [2.05, 4.69) is 17.1 Å². The molecule has 0 aliphatic rings. The van der Waals surface area contributed by atoms with Gasteiger partial charge in [0.15, 0.2) is 0 Å². The van der Waals surface area contributed by atoms with Crippen LogP contribution in [-0.4, -0.2) is 36.4 Å². The van der Waals surface area contributed by atoms with E-state index in [-0.39, 0.29) is 19.0 Å². The van der Waals surface area contributed by atoms with Gasteiger partial charge < -0.3 is 19.3 Å². The molecule has 0 fully saturated rings. The normalized spacial score (nSPS) is 10.7. The Kier molecular flexibility index (Phi) is 16.3. The molecule has 0 radical (unpaired) electrons. The molecule has 1 heterocycles. The molecule has 2 aromatic rings. The molecule has 0 spiro atoms. The molecule has 7 heteroatoms. The number of hydrogen-bond acceptors (Lipinski definition) is 6. The minimum atomic E-state index is -0.400. The zero-order valence-corrected chi connectivity index (χ0v) is 21.9. The second-order valence-electron chi connectivity index (χ2n) is 8.27. The monoisotopic (exact) mass is 505 g/mol. The number of rotatable bonds is 17. The Hall–Kier alpha value is -2.57. The topological polar surface area (TPSA) is 77.9 Å². The van der Waals surface area contributed by atoms with E-state index in [0.29, 0.717) is 30.4 Å². The highest BCUT2D eigenvalue weighted by Crippen LogP contribution is 2.20. The Morgan fingerprint density at radius 1 is 0.943 bits per heavy atom. The van der Waals surface area contributed by atoms with Crippen LogP contribution in [0.2, 0.25) is 0 Å². The Bertz CT molecular complexity index is 870. The van der Waals surface area contributed by atoms with Crippen LogP contribution in [0.15, 0.2) is 42.5 Å². The van der Waals surface area contributed by atoms with Crippen LogP contribution >= 0.6 is 12.4 Å². The van der Waals surface area contributed by atoms with Crippen molar-refractivity contribution in [1.29, 1.82) is 0 Å². The summed E-state index contributed by atoms with van der Waals surface area (Å²) in [6.45, 7) is 2.88. The van der Waals surface area contributed by atoms with Crippen molar-refractivity contribution >= 4 is 24.5 Å². The lowest BCUT2D eigenvalue weighted by atomic mass is 10.0. The highest BCUT2D eigenvalue weighted by Gasteiger charge is 2.06. The Labute approximate surface area is 216 Å². The highest BCUT2D eigenvalue weighted by atomic mass is 35.5. The number of aliphatic hydroxyl groups is 1. The maximum atomic E-state index is 11.8. The second kappa shape index (κ2) is 18.7. The fourth-order valence-electron chi connectivity index (χ4n) is 3.46. The van der Waals surface area contributed by atoms with E-state index in [0.717, 1.165) is 37.9 Å². The summed E-state index contributed by atoms with van der Waals surface area (Å²) in [5, 5.41) is 9.37. The lowest BCUT2D eigenvalue weighted by Gasteiger charge is -2.10. The first kappa shape index (κ1) is 30.5. The van der Waals surface area contributed by atoms with Gasteiger partial charge in [0.05, 0.1) is 32.6 Å². The summed E-state index contributed by atoms with van der Waals surface area (Å²) in [5.74, 6) is 1.11. The first-order chi connectivity index (χ1) is 16.7. The number of carbonyl (C=O) groups is 1. The number of ether oxygens (including phenoxy) is 3. The number of aryl methyl sites for hydroxylation is 1. The number of methoxy groups -OCH3 is 1. The number of hydrogen-bond donors (Lipinski definition) is 1. The van der Waals surface area contributed by atoms with E-state index in [4.69, 9.17) is 14.2 Å². The molecule has 1 aromatic carbocycles. The van der Waals surface area contributed by atoms with Gasteiger partial charge in [-0.3, -0.25) is 0 Å². The highest BCUT2D eigenvalue weighted by molar-refractivity contribution is 5.87. The lowest BCUT2D eigenvalue weighted by Crippen LogP contribution is -2.04. The zero-order valence-electron chi connectivity index (χ0n) is 21.0. The van der Waals surface area contributed by atoms with Crippen molar-refractivity contribution in [2.24, 2.45) is 0 Å². The van der Waals surface area contributed by atoms with Crippen LogP contribution in [0, 0.1) is 0 Å². The molecule has 0 saturated heterocycles. The first-order valence-electron chi connectivity index (χ1n) is 12.4. The predicted molar refractivity (Wildman–Crippen MR) is 142 cm³/mol. The summed E-state index contributed by atoms with van der Waals surface area (Å²) in [5.41, 5.74) is 2.41. The molecule has 0 amide bonds. The molecular formula is C28H40ClNO5. The average Bonchev–Trinajstić information content (AvgIpc) is 2.87. The Morgan fingerprint density at radius 3 is 2.34 bits per heavy atom. The van der Waals surface area contributed by atoms with Gasteiger partial charge >= 0.3 is 5.97 Å². The molecule has 0 aliphatic carbocycles. The van der Waals surface area contributed by atoms with Gasteiger partial charge in [0.2, 0.25) is 0 Å². The number of unbranched alkanes of at least 4 members (excludes halogenated alkanes) is 6. The molecule has 35 heavy (non-hydrogen) atoms. The second-order valence-corrected chi connectivity index (χ2v) is 8.27. The van der Waals surface area contributed by atoms with E-state index >= 15 is 0 Å². The van der Waals surface area contributed by atoms with Gasteiger partial charge in [-0.15, -0.1) is 12.4 Å². The molecule has 0 atom stereocenters. The molecule has 1 aromatic heterocycles. The van der Waals surface area contributed by atoms with Gasteiger partial charge in [-0.25, -0.2) is 9.78 Å². The largest absolute Gasteiger partial charge is 0.497 e. The molecular weight excluding hydrogens is 466 g/mol. The number of esters is 1. The predicted octanol–water partition coefficient (Wildman–Crippen LogP) is 6.32. The fraction of sp³-hybridized carbons (Fsp3) is 0.500. The minimum absolute atomic E-state index is 0. The number of benzene rings is 1. The first-order valence-corrected chi connectivity index (χ1v) is 12.4. The van der Waals surface area contributed by atoms with E-state index < -0.39 is 5.97 Å². The van der Waals surface area contributed by atoms with Crippen molar-refractivity contribution in [1.82, 2.24) is 4.98 Å². The zero-order chi connectivity index (χ0) is 24.4. The number of carbonyl (C=O) groups excluding carboxylic acids is 1. The summed E-state index contributed by atoms with van der Waals surface area (Å²) in [6.07, 6.45) is 12.8. The minimum Gasteiger partial charge on any atom is -0.497 e. The van der Waals surface area contributed by atoms with Crippen molar-refractivity contribution in [3.63, 3.8) is 0 Å². The maximum absolute atomic E-state index is 11.8. The van der Waals surface area contributed by atoms with Crippen LogP contribution in [0.1, 0.15) is 75.2 Å². The van der Waals surface area contributed by atoms with E-state index in [9.17, 15) is 9.90 Å². The van der Waals surface area contributed by atoms with Crippen LogP contribution in [0.5, 0.6) is 11.5 Å². The summed E-state index contributed by atoms with van der Waals surface area (Å²) in [7, 11) is 1.69. The van der Waals surface area contributed by atoms with Gasteiger partial charge in [-0.05, 0) is 61.6 Å². The van der Waals surface area contributed by atoms with Gasteiger partial charge in [-0.1, -0.05) is 51.2 Å². The molecule has 0 aliphatic heterocycles. The van der Waals surface area contributed by atoms with Gasteiger partial charge in [0.25, 0.3) is 0 Å². The lowest BCUT2D eigenvalue weighted by molar-refractivity contribution is -0.137. The van der Waals surface area contributed by atoms with Crippen LogP contribution in [0.4, 0.5) is 0 Å². The number of nitrogens with zero attached hydrogens (tertiary/aromatic N) is 1. The van der Waals surface area contributed by atoms with Crippen molar-refractivity contribution in [2.45, 2.75) is 71.3 Å². The number of pyridine rings is 1. The van der Waals surface area contributed by atoms with Crippen LogP contribution in [0.3, 0.4) is 0 Å². The summed E-state index contributed by atoms with van der Waals surface area (Å²) in [4.78, 5) is 16.2. The average molecular weight is 506 g/mol. The smallest absolute Gasteiger partial charge is 0.330 e. The maximum Gasteiger partial charge on any atom is 0.330 e. The summed E-state index contributed by atoms with van der Waals surface area (Å²) < 4.78 is 16.3. The molecule has 1 N–H and O–H groups in total. The van der Waals surface area contributed by atoms with Gasteiger partial charge in [0, 0.05) is 6.08 Å². The molecule has 194 valence electrons. The fourth-order valence-corrected chi connectivity index (χ4v) is 3.46. The van der Waals surface area contributed by atoms with Crippen molar-refractivity contribution < 1.29 is 24.1 Å². The molecule has 0 saturated carbocycles. The summed E-state index contributed by atoms with van der Waals surface area (Å²) >= 11 is 0. The third-order valence-electron chi connectivity index (χ3n) is 5.50. The summed E-state index contributed by atoms with van der Waals surface area (Å²) in [6, 6.07) is 11.8. The van der Waals surface area contributed by atoms with Gasteiger partial charge in [0.1, 0.15) is 17.2 Å². The molecule has 0 bridgehead atoms. The van der Waals surface area contributed by atoms with E-state index in [1.807, 2.05) is 19.1 Å². The third-order valence-corrected chi connectivity index (χ3v) is 5.50. The number of aliphatic hydroxyl groups excluding tert-OH is 1. The van der Waals surface area contributed by atoms with Crippen LogP contribution in [-0.2, 0) is 22.6 Å². The van der Waals surface area contributed by atoms with Crippen LogP contribution in [0.25, 0.3) is 6.08 Å². The molecule has 2 rings (SSSR count). The van der Waals surface area contributed by atoms with Gasteiger partial charge in [-0.2, -0.15) is 0 Å². The van der Waals surface area contributed by atoms with E-state index in [1.165, 1.54) is 37.3 Å². The third kappa shape index (κ3) is 12.6.